The van der Waals surface area contributed by atoms with Crippen LogP contribution >= 0.6 is 22.9 Å². The van der Waals surface area contributed by atoms with Crippen LogP contribution in [0.3, 0.4) is 0 Å². The fraction of sp³-hybridized carbons (Fsp3) is 0.182. The fourth-order valence-corrected chi connectivity index (χ4v) is 5.97. The summed E-state index contributed by atoms with van der Waals surface area (Å²) >= 11 is 7.29. The molecular weight excluding hydrogens is 472 g/mol. The number of carbonyl (C=O) groups is 2. The molecule has 1 aromatic heterocycles. The van der Waals surface area contributed by atoms with Crippen molar-refractivity contribution in [2.45, 2.75) is 23.9 Å². The smallest absolute Gasteiger partial charge is 0.252 e. The summed E-state index contributed by atoms with van der Waals surface area (Å²) in [5.74, 6) is -0.476. The van der Waals surface area contributed by atoms with Crippen molar-refractivity contribution in [1.29, 1.82) is 0 Å². The third-order valence-corrected chi connectivity index (χ3v) is 8.10. The normalized spacial score (nSPS) is 16.7. The topological polar surface area (TPSA) is 84.0 Å². The van der Waals surface area contributed by atoms with Crippen LogP contribution in [0.2, 0.25) is 5.02 Å². The van der Waals surface area contributed by atoms with Crippen molar-refractivity contribution in [3.05, 3.63) is 75.9 Å². The predicted molar refractivity (Wildman–Crippen MR) is 122 cm³/mol. The lowest BCUT2D eigenvalue weighted by Gasteiger charge is -2.26. The zero-order chi connectivity index (χ0) is 22.9. The van der Waals surface area contributed by atoms with Gasteiger partial charge in [0.25, 0.3) is 5.91 Å². The minimum Gasteiger partial charge on any atom is -0.497 e. The number of rotatable bonds is 7. The molecule has 0 saturated carbocycles. The highest BCUT2D eigenvalue weighted by atomic mass is 35.5. The van der Waals surface area contributed by atoms with Crippen molar-refractivity contribution in [3.8, 4) is 5.75 Å². The second-order valence-electron chi connectivity index (χ2n) is 7.07. The Morgan fingerprint density at radius 2 is 1.78 bits per heavy atom. The number of hydrogen-bond donors (Lipinski definition) is 0. The van der Waals surface area contributed by atoms with Gasteiger partial charge in [0.2, 0.25) is 15.9 Å². The van der Waals surface area contributed by atoms with Crippen LogP contribution in [0.4, 0.5) is 5.69 Å². The van der Waals surface area contributed by atoms with Crippen molar-refractivity contribution < 1.29 is 22.7 Å². The number of thiophene rings is 1. The molecule has 166 valence electrons. The van der Waals surface area contributed by atoms with Crippen molar-refractivity contribution in [2.75, 3.05) is 12.0 Å². The Hall–Kier alpha value is -2.72. The van der Waals surface area contributed by atoms with Gasteiger partial charge in [-0.2, -0.15) is 4.31 Å². The molecule has 0 bridgehead atoms. The van der Waals surface area contributed by atoms with Crippen LogP contribution in [-0.2, 0) is 26.2 Å². The van der Waals surface area contributed by atoms with Gasteiger partial charge in [-0.1, -0.05) is 17.7 Å². The van der Waals surface area contributed by atoms with Crippen LogP contribution in [0.1, 0.15) is 11.3 Å². The number of amides is 2. The molecule has 10 heteroatoms. The molecule has 1 aliphatic heterocycles. The van der Waals surface area contributed by atoms with E-state index >= 15 is 0 Å². The second-order valence-corrected chi connectivity index (χ2v) is 10.4. The van der Waals surface area contributed by atoms with Crippen molar-refractivity contribution >= 4 is 50.5 Å². The number of anilines is 1. The molecular formula is C22H19ClN2O5S2. The number of nitrogens with zero attached hydrogens (tertiary/aromatic N) is 2. The summed E-state index contributed by atoms with van der Waals surface area (Å²) in [4.78, 5) is 27.9. The molecule has 0 radical (unpaired) electrons. The predicted octanol–water partition coefficient (Wildman–Crippen LogP) is 3.93. The summed E-state index contributed by atoms with van der Waals surface area (Å²) in [5.41, 5.74) is 0.364. The summed E-state index contributed by atoms with van der Waals surface area (Å²) < 4.78 is 33.3. The standard InChI is InChI=1S/C22H19ClN2O5S2/c1-30-17-8-6-16(7-9-17)25-21(26)13-20(22(25)27)24(14-18-3-2-12-31-18)32(28,29)19-10-4-15(23)5-11-19/h2-12,20H,13-14H2,1H3. The Morgan fingerprint density at radius 1 is 1.09 bits per heavy atom. The van der Waals surface area contributed by atoms with E-state index in [1.807, 2.05) is 5.38 Å². The van der Waals surface area contributed by atoms with E-state index in [1.54, 1.807) is 36.4 Å². The maximum Gasteiger partial charge on any atom is 0.252 e. The van der Waals surface area contributed by atoms with Gasteiger partial charge in [0, 0.05) is 16.4 Å². The molecule has 3 aromatic rings. The first-order chi connectivity index (χ1) is 15.3. The molecule has 2 heterocycles. The molecule has 1 atom stereocenters. The molecule has 2 amide bonds. The summed E-state index contributed by atoms with van der Waals surface area (Å²) in [6, 6.07) is 14.6. The molecule has 2 aromatic carbocycles. The van der Waals surface area contributed by atoms with Gasteiger partial charge in [0.15, 0.2) is 0 Å². The maximum atomic E-state index is 13.5. The first-order valence-corrected chi connectivity index (χ1v) is 12.3. The van der Waals surface area contributed by atoms with E-state index in [4.69, 9.17) is 16.3 Å². The number of hydrogen-bond acceptors (Lipinski definition) is 6. The Labute approximate surface area is 194 Å². The Morgan fingerprint density at radius 3 is 2.38 bits per heavy atom. The van der Waals surface area contributed by atoms with E-state index in [1.165, 1.54) is 42.7 Å². The number of imide groups is 1. The minimum atomic E-state index is -4.09. The molecule has 0 spiro atoms. The molecule has 0 aliphatic carbocycles. The summed E-state index contributed by atoms with van der Waals surface area (Å²) in [6.07, 6.45) is -0.247. The highest BCUT2D eigenvalue weighted by Gasteiger charge is 2.47. The van der Waals surface area contributed by atoms with Gasteiger partial charge in [-0.15, -0.1) is 11.3 Å². The number of ether oxygens (including phenoxy) is 1. The molecule has 1 aliphatic rings. The van der Waals surface area contributed by atoms with Crippen LogP contribution in [0.25, 0.3) is 0 Å². The summed E-state index contributed by atoms with van der Waals surface area (Å²) in [6.45, 7) is -0.0250. The number of sulfonamides is 1. The van der Waals surface area contributed by atoms with Crippen molar-refractivity contribution in [3.63, 3.8) is 0 Å². The average molecular weight is 491 g/mol. The Balaban J connectivity index is 1.71. The van der Waals surface area contributed by atoms with E-state index < -0.39 is 27.9 Å². The van der Waals surface area contributed by atoms with Gasteiger partial charge >= 0.3 is 0 Å². The average Bonchev–Trinajstić information content (AvgIpc) is 3.40. The highest BCUT2D eigenvalue weighted by molar-refractivity contribution is 7.89. The lowest BCUT2D eigenvalue weighted by atomic mass is 10.2. The molecule has 7 nitrogen and oxygen atoms in total. The van der Waals surface area contributed by atoms with E-state index in [0.29, 0.717) is 16.5 Å². The molecule has 1 unspecified atom stereocenters. The number of benzene rings is 2. The van der Waals surface area contributed by atoms with Crippen molar-refractivity contribution in [1.82, 2.24) is 4.31 Å². The first kappa shape index (κ1) is 22.5. The zero-order valence-corrected chi connectivity index (χ0v) is 19.4. The van der Waals surface area contributed by atoms with E-state index in [2.05, 4.69) is 0 Å². The van der Waals surface area contributed by atoms with Crippen molar-refractivity contribution in [2.24, 2.45) is 0 Å². The molecule has 0 N–H and O–H groups in total. The van der Waals surface area contributed by atoms with Gasteiger partial charge in [-0.25, -0.2) is 13.3 Å². The first-order valence-electron chi connectivity index (χ1n) is 9.62. The van der Waals surface area contributed by atoms with Crippen LogP contribution in [0, 0.1) is 0 Å². The van der Waals surface area contributed by atoms with E-state index in [0.717, 1.165) is 14.1 Å². The van der Waals surface area contributed by atoms with Crippen LogP contribution in [0.15, 0.2) is 70.9 Å². The minimum absolute atomic E-state index is 0.00148. The third-order valence-electron chi connectivity index (χ3n) is 5.11. The summed E-state index contributed by atoms with van der Waals surface area (Å²) in [7, 11) is -2.57. The van der Waals surface area contributed by atoms with Crippen LogP contribution < -0.4 is 9.64 Å². The second kappa shape index (κ2) is 9.03. The molecule has 1 saturated heterocycles. The largest absolute Gasteiger partial charge is 0.497 e. The Bertz CT molecular complexity index is 1230. The summed E-state index contributed by atoms with van der Waals surface area (Å²) in [5, 5.41) is 2.22. The lowest BCUT2D eigenvalue weighted by Crippen LogP contribution is -2.44. The zero-order valence-electron chi connectivity index (χ0n) is 17.0. The van der Waals surface area contributed by atoms with Crippen LogP contribution in [-0.4, -0.2) is 37.7 Å². The van der Waals surface area contributed by atoms with Gasteiger partial charge in [-0.3, -0.25) is 9.59 Å². The van der Waals surface area contributed by atoms with Gasteiger partial charge < -0.3 is 4.74 Å². The van der Waals surface area contributed by atoms with Gasteiger partial charge in [0.05, 0.1) is 24.1 Å². The maximum absolute atomic E-state index is 13.5. The monoisotopic (exact) mass is 490 g/mol. The van der Waals surface area contributed by atoms with Gasteiger partial charge in [-0.05, 0) is 60.0 Å². The highest BCUT2D eigenvalue weighted by Crippen LogP contribution is 2.32. The SMILES string of the molecule is COc1ccc(N2C(=O)CC(N(Cc3cccs3)S(=O)(=O)c3ccc(Cl)cc3)C2=O)cc1. The molecule has 4 rings (SSSR count). The van der Waals surface area contributed by atoms with Crippen LogP contribution in [0.5, 0.6) is 5.75 Å². The van der Waals surface area contributed by atoms with E-state index in [9.17, 15) is 18.0 Å². The van der Waals surface area contributed by atoms with E-state index in [-0.39, 0.29) is 17.9 Å². The third kappa shape index (κ3) is 4.29. The number of carbonyl (C=O) groups excluding carboxylic acids is 2. The number of halogens is 1. The fourth-order valence-electron chi connectivity index (χ4n) is 3.50. The Kier molecular flexibility index (Phi) is 6.34. The molecule has 32 heavy (non-hydrogen) atoms. The lowest BCUT2D eigenvalue weighted by molar-refractivity contribution is -0.122. The quantitative estimate of drug-likeness (QED) is 0.468. The molecule has 1 fully saturated rings. The number of methoxy groups -OCH3 is 1. The van der Waals surface area contributed by atoms with Gasteiger partial charge in [0.1, 0.15) is 11.8 Å².